The quantitative estimate of drug-likeness (QED) is 0.668. The predicted molar refractivity (Wildman–Crippen MR) is 94.8 cm³/mol. The highest BCUT2D eigenvalue weighted by atomic mass is 32.2. The van der Waals surface area contributed by atoms with Gasteiger partial charge in [0.05, 0.1) is 0 Å². The molecule has 1 aromatic carbocycles. The Morgan fingerprint density at radius 2 is 2.04 bits per heavy atom. The van der Waals surface area contributed by atoms with Crippen molar-refractivity contribution < 1.29 is 9.53 Å². The van der Waals surface area contributed by atoms with Gasteiger partial charge in [0.1, 0.15) is 12.4 Å². The fourth-order valence-corrected chi connectivity index (χ4v) is 2.99. The number of primary amides is 1. The largest absolute Gasteiger partial charge is 0.486 e. The van der Waals surface area contributed by atoms with Crippen LogP contribution >= 0.6 is 11.8 Å². The van der Waals surface area contributed by atoms with E-state index in [2.05, 4.69) is 28.6 Å². The third kappa shape index (κ3) is 5.88. The maximum Gasteiger partial charge on any atom is 0.218 e. The van der Waals surface area contributed by atoms with E-state index >= 15 is 0 Å². The molecule has 2 rings (SSSR count). The first-order valence-corrected chi connectivity index (χ1v) is 9.06. The Kier molecular flexibility index (Phi) is 7.11. The summed E-state index contributed by atoms with van der Waals surface area (Å²) in [7, 11) is 0. The average molecular weight is 348 g/mol. The molecule has 1 amide bonds. The molecule has 2 N–H and O–H groups in total. The molecule has 0 bridgehead atoms. The summed E-state index contributed by atoms with van der Waals surface area (Å²) in [6.45, 7) is 5.57. The Hall–Kier alpha value is -2.02. The Morgan fingerprint density at radius 1 is 1.29 bits per heavy atom. The van der Waals surface area contributed by atoms with Crippen molar-refractivity contribution in [3.05, 3.63) is 36.2 Å². The summed E-state index contributed by atoms with van der Waals surface area (Å²) in [6, 6.07) is 9.65. The molecule has 130 valence electrons. The number of hydrogen-bond donors (Lipinski definition) is 1. The summed E-state index contributed by atoms with van der Waals surface area (Å²) in [6.07, 6.45) is 1.36. The SMILES string of the molecule is CC(C)CCn1c(COc2ccccc2)nnc1SCCC(N)=O. The zero-order valence-corrected chi connectivity index (χ0v) is 15.0. The fraction of sp³-hybridized carbons (Fsp3) is 0.471. The molecule has 0 aliphatic rings. The van der Waals surface area contributed by atoms with E-state index in [0.717, 1.165) is 29.7 Å². The molecule has 1 aromatic heterocycles. The van der Waals surface area contributed by atoms with Crippen molar-refractivity contribution in [2.24, 2.45) is 11.7 Å². The molecule has 1 heterocycles. The maximum atomic E-state index is 10.9. The Bertz CT molecular complexity index is 643. The number of nitrogens with zero attached hydrogens (tertiary/aromatic N) is 3. The number of benzene rings is 1. The molecule has 0 radical (unpaired) electrons. The molecule has 7 heteroatoms. The van der Waals surface area contributed by atoms with Crippen LogP contribution in [0.2, 0.25) is 0 Å². The van der Waals surface area contributed by atoms with Crippen LogP contribution in [0.1, 0.15) is 32.5 Å². The second-order valence-corrected chi connectivity index (χ2v) is 6.96. The Labute approximate surface area is 146 Å². The zero-order valence-electron chi connectivity index (χ0n) is 14.1. The molecule has 0 fully saturated rings. The molecule has 0 aliphatic carbocycles. The third-order valence-corrected chi connectivity index (χ3v) is 4.38. The van der Waals surface area contributed by atoms with E-state index in [1.165, 1.54) is 11.8 Å². The number of amides is 1. The first-order chi connectivity index (χ1) is 11.6. The molecular formula is C17H24N4O2S. The highest BCUT2D eigenvalue weighted by molar-refractivity contribution is 7.99. The van der Waals surface area contributed by atoms with Gasteiger partial charge in [-0.1, -0.05) is 43.8 Å². The second-order valence-electron chi connectivity index (χ2n) is 5.90. The lowest BCUT2D eigenvalue weighted by Crippen LogP contribution is -2.12. The highest BCUT2D eigenvalue weighted by Crippen LogP contribution is 2.20. The van der Waals surface area contributed by atoms with Crippen molar-refractivity contribution in [3.8, 4) is 5.75 Å². The molecule has 2 aromatic rings. The predicted octanol–water partition coefficient (Wildman–Crippen LogP) is 2.87. The van der Waals surface area contributed by atoms with Gasteiger partial charge in [-0.2, -0.15) is 0 Å². The number of ether oxygens (including phenoxy) is 1. The van der Waals surface area contributed by atoms with Crippen LogP contribution in [0.4, 0.5) is 0 Å². The van der Waals surface area contributed by atoms with E-state index < -0.39 is 0 Å². The number of carbonyl (C=O) groups is 1. The number of carbonyl (C=O) groups excluding carboxylic acids is 1. The summed E-state index contributed by atoms with van der Waals surface area (Å²) in [4.78, 5) is 10.9. The van der Waals surface area contributed by atoms with E-state index in [-0.39, 0.29) is 5.91 Å². The number of rotatable bonds is 10. The van der Waals surface area contributed by atoms with Crippen LogP contribution in [0.3, 0.4) is 0 Å². The highest BCUT2D eigenvalue weighted by Gasteiger charge is 2.14. The van der Waals surface area contributed by atoms with E-state index in [9.17, 15) is 4.79 Å². The summed E-state index contributed by atoms with van der Waals surface area (Å²) >= 11 is 1.50. The van der Waals surface area contributed by atoms with Crippen LogP contribution in [-0.2, 0) is 17.9 Å². The molecule has 0 atom stereocenters. The summed E-state index contributed by atoms with van der Waals surface area (Å²) in [5.41, 5.74) is 5.20. The summed E-state index contributed by atoms with van der Waals surface area (Å²) in [5.74, 6) is 2.48. The van der Waals surface area contributed by atoms with Crippen LogP contribution in [0.15, 0.2) is 35.5 Å². The Morgan fingerprint density at radius 3 is 2.71 bits per heavy atom. The van der Waals surface area contributed by atoms with E-state index in [0.29, 0.717) is 24.7 Å². The first-order valence-electron chi connectivity index (χ1n) is 8.07. The maximum absolute atomic E-state index is 10.9. The van der Waals surface area contributed by atoms with E-state index in [4.69, 9.17) is 10.5 Å². The normalized spacial score (nSPS) is 11.0. The zero-order chi connectivity index (χ0) is 17.4. The van der Waals surface area contributed by atoms with E-state index in [1.54, 1.807) is 0 Å². The van der Waals surface area contributed by atoms with Crippen molar-refractivity contribution in [2.45, 2.75) is 45.0 Å². The summed E-state index contributed by atoms with van der Waals surface area (Å²) < 4.78 is 7.87. The van der Waals surface area contributed by atoms with Gasteiger partial charge in [0.2, 0.25) is 5.91 Å². The Balaban J connectivity index is 2.04. The van der Waals surface area contributed by atoms with Gasteiger partial charge in [0, 0.05) is 18.7 Å². The van der Waals surface area contributed by atoms with Crippen molar-refractivity contribution in [1.82, 2.24) is 14.8 Å². The molecule has 0 spiro atoms. The monoisotopic (exact) mass is 348 g/mol. The van der Waals surface area contributed by atoms with Gasteiger partial charge in [0.15, 0.2) is 11.0 Å². The van der Waals surface area contributed by atoms with Gasteiger partial charge in [-0.3, -0.25) is 4.79 Å². The number of aromatic nitrogens is 3. The minimum Gasteiger partial charge on any atom is -0.486 e. The average Bonchev–Trinajstić information content (AvgIpc) is 2.93. The van der Waals surface area contributed by atoms with Crippen molar-refractivity contribution in [3.63, 3.8) is 0 Å². The van der Waals surface area contributed by atoms with E-state index in [1.807, 2.05) is 30.3 Å². The van der Waals surface area contributed by atoms with Gasteiger partial charge < -0.3 is 15.0 Å². The molecule has 0 saturated carbocycles. The first kappa shape index (κ1) is 18.3. The van der Waals surface area contributed by atoms with Crippen LogP contribution in [0.25, 0.3) is 0 Å². The van der Waals surface area contributed by atoms with Crippen LogP contribution in [-0.4, -0.2) is 26.4 Å². The van der Waals surface area contributed by atoms with Crippen molar-refractivity contribution in [2.75, 3.05) is 5.75 Å². The molecule has 0 saturated heterocycles. The summed E-state index contributed by atoms with van der Waals surface area (Å²) in [5, 5.41) is 9.31. The van der Waals surface area contributed by atoms with Gasteiger partial charge in [0.25, 0.3) is 0 Å². The molecular weight excluding hydrogens is 324 g/mol. The topological polar surface area (TPSA) is 83.0 Å². The number of hydrogen-bond acceptors (Lipinski definition) is 5. The number of para-hydroxylation sites is 1. The third-order valence-electron chi connectivity index (χ3n) is 3.41. The smallest absolute Gasteiger partial charge is 0.218 e. The minimum absolute atomic E-state index is 0.302. The van der Waals surface area contributed by atoms with Crippen LogP contribution < -0.4 is 10.5 Å². The fourth-order valence-electron chi connectivity index (χ4n) is 2.05. The molecule has 0 aliphatic heterocycles. The lowest BCUT2D eigenvalue weighted by Gasteiger charge is -2.12. The second kappa shape index (κ2) is 9.32. The lowest BCUT2D eigenvalue weighted by molar-refractivity contribution is -0.117. The molecule has 0 unspecified atom stereocenters. The lowest BCUT2D eigenvalue weighted by atomic mass is 10.1. The molecule has 6 nitrogen and oxygen atoms in total. The molecule has 24 heavy (non-hydrogen) atoms. The van der Waals surface area contributed by atoms with Crippen molar-refractivity contribution in [1.29, 1.82) is 0 Å². The van der Waals surface area contributed by atoms with Gasteiger partial charge in [-0.15, -0.1) is 10.2 Å². The van der Waals surface area contributed by atoms with Gasteiger partial charge >= 0.3 is 0 Å². The van der Waals surface area contributed by atoms with Crippen molar-refractivity contribution >= 4 is 17.7 Å². The number of thioether (sulfide) groups is 1. The van der Waals surface area contributed by atoms with Gasteiger partial charge in [-0.05, 0) is 24.5 Å². The van der Waals surface area contributed by atoms with Gasteiger partial charge in [-0.25, -0.2) is 0 Å². The number of nitrogens with two attached hydrogens (primary N) is 1. The van der Waals surface area contributed by atoms with Crippen LogP contribution in [0.5, 0.6) is 5.75 Å². The van der Waals surface area contributed by atoms with Crippen LogP contribution in [0, 0.1) is 5.92 Å². The minimum atomic E-state index is -0.302. The standard InChI is InChI=1S/C17H24N4O2S/c1-13(2)8-10-21-16(12-23-14-6-4-3-5-7-14)19-20-17(21)24-11-9-15(18)22/h3-7,13H,8-12H2,1-2H3,(H2,18,22).